The molecule has 0 heterocycles. The topological polar surface area (TPSA) is 60.2 Å². The van der Waals surface area contributed by atoms with Crippen molar-refractivity contribution in [3.8, 4) is 0 Å². The van der Waals surface area contributed by atoms with Gasteiger partial charge in [-0.05, 0) is 30.6 Å². The monoisotopic (exact) mass is 295 g/mol. The van der Waals surface area contributed by atoms with Gasteiger partial charge in [0.2, 0.25) is 8.27 Å². The minimum atomic E-state index is -3.12. The summed E-state index contributed by atoms with van der Waals surface area (Å²) in [5, 5.41) is 0. The smallest absolute Gasteiger partial charge is 0.209 e. The van der Waals surface area contributed by atoms with Crippen LogP contribution in [0.5, 0.6) is 0 Å². The van der Waals surface area contributed by atoms with Crippen LogP contribution in [0.4, 0.5) is 0 Å². The van der Waals surface area contributed by atoms with Crippen LogP contribution in [0, 0.1) is 16.7 Å². The van der Waals surface area contributed by atoms with E-state index in [1.54, 1.807) is 0 Å². The molecule has 2 rings (SSSR count). The number of hydrogen-bond acceptors (Lipinski definition) is 3. The summed E-state index contributed by atoms with van der Waals surface area (Å²) in [5.41, 5.74) is 6.01. The second-order valence-electron chi connectivity index (χ2n) is 5.64. The highest BCUT2D eigenvalue weighted by molar-refractivity contribution is 9.47. The number of halogens is 1. The molecule has 0 spiro atoms. The van der Waals surface area contributed by atoms with Gasteiger partial charge in [-0.2, -0.15) is 0 Å². The maximum atomic E-state index is 11.5. The van der Waals surface area contributed by atoms with Gasteiger partial charge in [-0.25, -0.2) is 8.42 Å². The van der Waals surface area contributed by atoms with E-state index in [0.29, 0.717) is 5.92 Å². The second-order valence-corrected chi connectivity index (χ2v) is 9.96. The van der Waals surface area contributed by atoms with E-state index in [1.807, 2.05) is 0 Å². The molecular formula is C10H18BrNO2S. The minimum absolute atomic E-state index is 0.0403. The van der Waals surface area contributed by atoms with E-state index in [9.17, 15) is 8.42 Å². The van der Waals surface area contributed by atoms with Gasteiger partial charge in [-0.15, -0.1) is 0 Å². The van der Waals surface area contributed by atoms with Gasteiger partial charge >= 0.3 is 0 Å². The highest BCUT2D eigenvalue weighted by Gasteiger charge is 2.63. The average Bonchev–Trinajstić information content (AvgIpc) is 2.34. The Labute approximate surface area is 98.9 Å². The molecule has 2 bridgehead atoms. The van der Waals surface area contributed by atoms with Crippen molar-refractivity contribution in [2.45, 2.75) is 39.2 Å². The molecule has 2 aliphatic carbocycles. The molecule has 2 N–H and O–H groups in total. The molecule has 15 heavy (non-hydrogen) atoms. The maximum Gasteiger partial charge on any atom is 0.209 e. The Kier molecular flexibility index (Phi) is 2.53. The fourth-order valence-corrected chi connectivity index (χ4v) is 6.37. The molecule has 0 radical (unpaired) electrons. The molecule has 3 nitrogen and oxygen atoms in total. The third-order valence-corrected chi connectivity index (χ3v) is 6.47. The van der Waals surface area contributed by atoms with Crippen molar-refractivity contribution in [2.75, 3.05) is 5.75 Å². The van der Waals surface area contributed by atoms with Crippen molar-refractivity contribution in [3.63, 3.8) is 0 Å². The lowest BCUT2D eigenvalue weighted by Crippen LogP contribution is -2.47. The van der Waals surface area contributed by atoms with Crippen LogP contribution in [0.1, 0.15) is 33.1 Å². The highest BCUT2D eigenvalue weighted by atomic mass is 79.9. The molecule has 0 amide bonds. The Morgan fingerprint density at radius 3 is 2.40 bits per heavy atom. The highest BCUT2D eigenvalue weighted by Crippen LogP contribution is 2.65. The fourth-order valence-electron chi connectivity index (χ4n) is 3.80. The number of rotatable bonds is 2. The minimum Gasteiger partial charge on any atom is -0.327 e. The van der Waals surface area contributed by atoms with E-state index >= 15 is 0 Å². The SMILES string of the molecule is CC1(C)C2CCC1(CS(=O)(=O)Br)C(N)C2. The summed E-state index contributed by atoms with van der Waals surface area (Å²) in [6.45, 7) is 4.35. The Morgan fingerprint density at radius 1 is 1.47 bits per heavy atom. The van der Waals surface area contributed by atoms with Gasteiger partial charge in [0.15, 0.2) is 0 Å². The van der Waals surface area contributed by atoms with Crippen LogP contribution in [-0.2, 0) is 8.27 Å². The van der Waals surface area contributed by atoms with Gasteiger partial charge in [0, 0.05) is 11.5 Å². The molecule has 3 unspecified atom stereocenters. The van der Waals surface area contributed by atoms with Gasteiger partial charge in [0.05, 0.1) is 20.6 Å². The summed E-state index contributed by atoms with van der Waals surface area (Å²) in [6.07, 6.45) is 3.06. The molecule has 88 valence electrons. The van der Waals surface area contributed by atoms with Crippen LogP contribution < -0.4 is 5.73 Å². The lowest BCUT2D eigenvalue weighted by Gasteiger charge is -2.40. The van der Waals surface area contributed by atoms with E-state index in [4.69, 9.17) is 5.73 Å². The summed E-state index contributed by atoms with van der Waals surface area (Å²) in [4.78, 5) is 0. The number of fused-ring (bicyclic) bond motifs is 2. The Bertz CT molecular complexity index is 379. The summed E-state index contributed by atoms with van der Waals surface area (Å²) < 4.78 is 22.9. The predicted octanol–water partition coefficient (Wildman–Crippen LogP) is 1.86. The molecule has 0 aromatic carbocycles. The lowest BCUT2D eigenvalue weighted by atomic mass is 9.69. The van der Waals surface area contributed by atoms with Crippen molar-refractivity contribution in [3.05, 3.63) is 0 Å². The van der Waals surface area contributed by atoms with Crippen LogP contribution >= 0.6 is 14.8 Å². The summed E-state index contributed by atoms with van der Waals surface area (Å²) in [7, 11) is -3.12. The number of nitrogens with two attached hydrogens (primary N) is 1. The fraction of sp³-hybridized carbons (Fsp3) is 1.00. The van der Waals surface area contributed by atoms with Gasteiger partial charge in [0.1, 0.15) is 0 Å². The lowest BCUT2D eigenvalue weighted by molar-refractivity contribution is 0.140. The molecule has 0 aromatic rings. The van der Waals surface area contributed by atoms with E-state index in [0.717, 1.165) is 19.3 Å². The van der Waals surface area contributed by atoms with Crippen LogP contribution in [-0.4, -0.2) is 20.2 Å². The van der Waals surface area contributed by atoms with E-state index in [-0.39, 0.29) is 22.6 Å². The first-order chi connectivity index (χ1) is 6.69. The maximum absolute atomic E-state index is 11.5. The van der Waals surface area contributed by atoms with Gasteiger partial charge in [-0.1, -0.05) is 13.8 Å². The molecule has 5 heteroatoms. The molecule has 3 atom stereocenters. The zero-order valence-corrected chi connectivity index (χ0v) is 11.6. The Hall–Kier alpha value is 0.390. The first-order valence-corrected chi connectivity index (χ1v) is 8.86. The van der Waals surface area contributed by atoms with Crippen molar-refractivity contribution < 1.29 is 8.42 Å². The van der Waals surface area contributed by atoms with Gasteiger partial charge in [0.25, 0.3) is 0 Å². The molecule has 0 aliphatic heterocycles. The third kappa shape index (κ3) is 1.58. The molecule has 0 aromatic heterocycles. The molecule has 2 aliphatic rings. The quantitative estimate of drug-likeness (QED) is 0.791. The van der Waals surface area contributed by atoms with Crippen molar-refractivity contribution >= 4 is 23.1 Å². The van der Waals surface area contributed by atoms with Crippen molar-refractivity contribution in [1.29, 1.82) is 0 Å². The molecule has 2 fully saturated rings. The van der Waals surface area contributed by atoms with Crippen LogP contribution in [0.2, 0.25) is 0 Å². The zero-order chi connectivity index (χ0) is 11.5. The molecular weight excluding hydrogens is 278 g/mol. The summed E-state index contributed by atoms with van der Waals surface area (Å²) in [5.74, 6) is 0.784. The van der Waals surface area contributed by atoms with E-state index in [1.165, 1.54) is 0 Å². The first kappa shape index (κ1) is 11.9. The Morgan fingerprint density at radius 2 is 2.07 bits per heavy atom. The van der Waals surface area contributed by atoms with E-state index < -0.39 is 8.27 Å². The third-order valence-electron chi connectivity index (χ3n) is 4.92. The van der Waals surface area contributed by atoms with Crippen LogP contribution in [0.15, 0.2) is 0 Å². The van der Waals surface area contributed by atoms with Crippen molar-refractivity contribution in [2.24, 2.45) is 22.5 Å². The largest absolute Gasteiger partial charge is 0.327 e. The predicted molar refractivity (Wildman–Crippen MR) is 64.2 cm³/mol. The standard InChI is InChI=1S/C10H18BrNO2S/c1-9(2)7-3-4-10(9,8(12)5-7)6-15(11,13)14/h7-8H,3-6,12H2,1-2H3. The normalized spacial score (nSPS) is 43.5. The summed E-state index contributed by atoms with van der Waals surface area (Å²) >= 11 is 2.78. The second kappa shape index (κ2) is 3.20. The van der Waals surface area contributed by atoms with Gasteiger partial charge in [-0.3, -0.25) is 0 Å². The van der Waals surface area contributed by atoms with Crippen LogP contribution in [0.3, 0.4) is 0 Å². The average molecular weight is 296 g/mol. The van der Waals surface area contributed by atoms with Crippen molar-refractivity contribution in [1.82, 2.24) is 0 Å². The van der Waals surface area contributed by atoms with Crippen LogP contribution in [0.25, 0.3) is 0 Å². The zero-order valence-electron chi connectivity index (χ0n) is 9.16. The Balaban J connectivity index is 2.40. The first-order valence-electron chi connectivity index (χ1n) is 5.37. The molecule has 2 saturated carbocycles. The molecule has 0 saturated heterocycles. The van der Waals surface area contributed by atoms with Gasteiger partial charge < -0.3 is 5.73 Å². The van der Waals surface area contributed by atoms with E-state index in [2.05, 4.69) is 28.7 Å². The number of hydrogen-bond donors (Lipinski definition) is 1. The summed E-state index contributed by atoms with van der Waals surface area (Å²) in [6, 6.07) is 0.0403.